The molecule has 0 aromatic heterocycles. The zero-order chi connectivity index (χ0) is 19.0. The number of amides is 1. The van der Waals surface area contributed by atoms with Crippen LogP contribution in [0.4, 0.5) is 5.69 Å². The van der Waals surface area contributed by atoms with Crippen LogP contribution in [0.15, 0.2) is 53.0 Å². The van der Waals surface area contributed by atoms with Crippen LogP contribution >= 0.6 is 34.1 Å². The zero-order valence-electron chi connectivity index (χ0n) is 14.6. The molecule has 0 aliphatic rings. The lowest BCUT2D eigenvalue weighted by Gasteiger charge is -2.18. The Morgan fingerprint density at radius 3 is 2.58 bits per heavy atom. The maximum absolute atomic E-state index is 12.8. The van der Waals surface area contributed by atoms with Gasteiger partial charge in [-0.15, -0.1) is 0 Å². The van der Waals surface area contributed by atoms with Crippen molar-refractivity contribution in [3.8, 4) is 5.75 Å². The van der Waals surface area contributed by atoms with E-state index in [2.05, 4.69) is 21.2 Å². The van der Waals surface area contributed by atoms with E-state index in [-0.39, 0.29) is 5.91 Å². The minimum Gasteiger partial charge on any atom is -0.417 e. The summed E-state index contributed by atoms with van der Waals surface area (Å²) in [6, 6.07) is 13.9. The summed E-state index contributed by atoms with van der Waals surface area (Å²) < 4.78 is 24.6. The number of benzene rings is 2. The maximum atomic E-state index is 12.8. The summed E-state index contributed by atoms with van der Waals surface area (Å²) in [6.07, 6.45) is 0.869. The molecule has 0 radical (unpaired) electrons. The lowest BCUT2D eigenvalue weighted by Crippen LogP contribution is -2.11. The second kappa shape index (κ2) is 10.2. The number of hydrogen-bond acceptors (Lipinski definition) is 5. The van der Waals surface area contributed by atoms with Gasteiger partial charge in [-0.1, -0.05) is 28.9 Å². The standard InChI is InChI=1S/C18H21BrNO4PS/c1-3-12-26-25(22,23-4-2)24-17-7-5-6-16(13-17)20-18(21)14-8-10-15(19)11-9-14/h5-11,13H,3-4,12H2,1-2H3,(H,20,21). The molecule has 0 aliphatic heterocycles. The van der Waals surface area contributed by atoms with Gasteiger partial charge in [0.1, 0.15) is 5.75 Å². The summed E-state index contributed by atoms with van der Waals surface area (Å²) in [6.45, 7) is 0.800. The minimum absolute atomic E-state index is 0.233. The molecular weight excluding hydrogens is 437 g/mol. The fourth-order valence-electron chi connectivity index (χ4n) is 2.02. The molecule has 0 aliphatic carbocycles. The number of hydrogen-bond donors (Lipinski definition) is 1. The molecule has 2 aromatic carbocycles. The van der Waals surface area contributed by atoms with Crippen molar-refractivity contribution in [2.45, 2.75) is 20.3 Å². The highest BCUT2D eigenvalue weighted by Gasteiger charge is 2.26. The number of carbonyl (C=O) groups excluding carboxylic acids is 1. The van der Waals surface area contributed by atoms with Gasteiger partial charge in [0, 0.05) is 27.5 Å². The highest BCUT2D eigenvalue weighted by molar-refractivity contribution is 9.10. The Balaban J connectivity index is 2.10. The first-order valence-corrected chi connectivity index (χ1v) is 12.1. The van der Waals surface area contributed by atoms with E-state index in [0.29, 0.717) is 29.4 Å². The van der Waals surface area contributed by atoms with E-state index < -0.39 is 6.80 Å². The Labute approximate surface area is 166 Å². The van der Waals surface area contributed by atoms with Gasteiger partial charge in [-0.2, -0.15) is 0 Å². The summed E-state index contributed by atoms with van der Waals surface area (Å²) in [5.41, 5.74) is 1.09. The quantitative estimate of drug-likeness (QED) is 0.443. The van der Waals surface area contributed by atoms with Crippen molar-refractivity contribution in [1.29, 1.82) is 0 Å². The van der Waals surface area contributed by atoms with Gasteiger partial charge in [-0.3, -0.25) is 9.32 Å². The topological polar surface area (TPSA) is 64.6 Å². The molecule has 0 saturated heterocycles. The van der Waals surface area contributed by atoms with Gasteiger partial charge < -0.3 is 9.84 Å². The number of halogens is 1. The van der Waals surface area contributed by atoms with Crippen molar-refractivity contribution in [2.24, 2.45) is 0 Å². The maximum Gasteiger partial charge on any atom is 0.440 e. The molecule has 0 saturated carbocycles. The predicted octanol–water partition coefficient (Wildman–Crippen LogP) is 6.37. The largest absolute Gasteiger partial charge is 0.440 e. The van der Waals surface area contributed by atoms with Gasteiger partial charge in [0.15, 0.2) is 0 Å². The van der Waals surface area contributed by atoms with E-state index in [1.165, 1.54) is 11.4 Å². The molecule has 140 valence electrons. The first-order chi connectivity index (χ1) is 12.5. The summed E-state index contributed by atoms with van der Waals surface area (Å²) in [5, 5.41) is 2.81. The number of anilines is 1. The second-order valence-corrected chi connectivity index (χ2v) is 10.3. The number of nitrogens with one attached hydrogen (secondary N) is 1. The SMILES string of the molecule is CCCSP(=O)(OCC)Oc1cccc(NC(=O)c2ccc(Br)cc2)c1. The van der Waals surface area contributed by atoms with E-state index in [4.69, 9.17) is 9.05 Å². The van der Waals surface area contributed by atoms with Crippen molar-refractivity contribution in [3.05, 3.63) is 58.6 Å². The Kier molecular flexibility index (Phi) is 8.22. The van der Waals surface area contributed by atoms with E-state index in [9.17, 15) is 9.36 Å². The van der Waals surface area contributed by atoms with E-state index in [1.807, 2.05) is 6.92 Å². The molecule has 0 fully saturated rings. The molecule has 0 spiro atoms. The third-order valence-electron chi connectivity index (χ3n) is 3.16. The highest BCUT2D eigenvalue weighted by atomic mass is 79.9. The lowest BCUT2D eigenvalue weighted by molar-refractivity contribution is 0.102. The van der Waals surface area contributed by atoms with Crippen molar-refractivity contribution < 1.29 is 18.4 Å². The molecule has 0 bridgehead atoms. The smallest absolute Gasteiger partial charge is 0.417 e. The summed E-state index contributed by atoms with van der Waals surface area (Å²) >= 11 is 4.52. The van der Waals surface area contributed by atoms with Crippen LogP contribution in [0.2, 0.25) is 0 Å². The van der Waals surface area contributed by atoms with Crippen molar-refractivity contribution in [1.82, 2.24) is 0 Å². The van der Waals surface area contributed by atoms with Gasteiger partial charge in [-0.25, -0.2) is 4.57 Å². The first-order valence-electron chi connectivity index (χ1n) is 8.21. The van der Waals surface area contributed by atoms with Crippen molar-refractivity contribution in [3.63, 3.8) is 0 Å². The molecule has 5 nitrogen and oxygen atoms in total. The van der Waals surface area contributed by atoms with Crippen LogP contribution in [0, 0.1) is 0 Å². The Morgan fingerprint density at radius 2 is 1.92 bits per heavy atom. The molecule has 2 aromatic rings. The second-order valence-electron chi connectivity index (χ2n) is 5.28. The van der Waals surface area contributed by atoms with Gasteiger partial charge in [0.25, 0.3) is 5.91 Å². The average molecular weight is 458 g/mol. The molecule has 0 heterocycles. The van der Waals surface area contributed by atoms with Gasteiger partial charge >= 0.3 is 6.80 Å². The molecule has 1 amide bonds. The number of carbonyl (C=O) groups is 1. The first kappa shape index (κ1) is 21.0. The van der Waals surface area contributed by atoms with E-state index in [1.54, 1.807) is 55.5 Å². The van der Waals surface area contributed by atoms with Crippen molar-refractivity contribution in [2.75, 3.05) is 17.7 Å². The average Bonchev–Trinajstić information content (AvgIpc) is 2.61. The fourth-order valence-corrected chi connectivity index (χ4v) is 5.73. The Hall–Kier alpha value is -1.27. The molecule has 26 heavy (non-hydrogen) atoms. The molecule has 1 N–H and O–H groups in total. The molecule has 2 rings (SSSR count). The number of rotatable bonds is 9. The van der Waals surface area contributed by atoms with Crippen LogP contribution in [0.3, 0.4) is 0 Å². The molecule has 8 heteroatoms. The Bertz CT molecular complexity index is 785. The van der Waals surface area contributed by atoms with Crippen LogP contribution < -0.4 is 9.84 Å². The monoisotopic (exact) mass is 457 g/mol. The van der Waals surface area contributed by atoms with Crippen molar-refractivity contribution >= 4 is 45.7 Å². The van der Waals surface area contributed by atoms with E-state index in [0.717, 1.165) is 10.9 Å². The summed E-state index contributed by atoms with van der Waals surface area (Å²) in [7, 11) is 0. The third-order valence-corrected chi connectivity index (χ3v) is 7.64. The third kappa shape index (κ3) is 6.47. The summed E-state index contributed by atoms with van der Waals surface area (Å²) in [5.74, 6) is 0.832. The van der Waals surface area contributed by atoms with E-state index >= 15 is 0 Å². The van der Waals surface area contributed by atoms with Crippen LogP contribution in [0.25, 0.3) is 0 Å². The zero-order valence-corrected chi connectivity index (χ0v) is 17.9. The molecule has 1 atom stereocenters. The Morgan fingerprint density at radius 1 is 1.19 bits per heavy atom. The van der Waals surface area contributed by atoms with Gasteiger partial charge in [0.2, 0.25) is 0 Å². The molecule has 1 unspecified atom stereocenters. The summed E-state index contributed by atoms with van der Waals surface area (Å²) in [4.78, 5) is 12.3. The van der Waals surface area contributed by atoms with Crippen LogP contribution in [0.1, 0.15) is 30.6 Å². The normalized spacial score (nSPS) is 13.0. The lowest BCUT2D eigenvalue weighted by atomic mass is 10.2. The molecular formula is C18H21BrNO4PS. The van der Waals surface area contributed by atoms with Crippen LogP contribution in [-0.4, -0.2) is 18.3 Å². The van der Waals surface area contributed by atoms with Gasteiger partial charge in [0.05, 0.1) is 6.61 Å². The van der Waals surface area contributed by atoms with Crippen LogP contribution in [0.5, 0.6) is 5.75 Å². The highest BCUT2D eigenvalue weighted by Crippen LogP contribution is 2.60. The van der Waals surface area contributed by atoms with Gasteiger partial charge in [-0.05, 0) is 61.1 Å². The predicted molar refractivity (Wildman–Crippen MR) is 111 cm³/mol. The van der Waals surface area contributed by atoms with Crippen LogP contribution in [-0.2, 0) is 9.09 Å². The minimum atomic E-state index is -3.28. The fraction of sp³-hybridized carbons (Fsp3) is 0.278.